The van der Waals surface area contributed by atoms with Crippen molar-refractivity contribution in [1.29, 1.82) is 0 Å². The first-order valence-corrected chi connectivity index (χ1v) is 8.01. The van der Waals surface area contributed by atoms with Crippen LogP contribution in [0.15, 0.2) is 24.1 Å². The van der Waals surface area contributed by atoms with E-state index in [4.69, 9.17) is 5.73 Å². The topological polar surface area (TPSA) is 130 Å². The van der Waals surface area contributed by atoms with Crippen LogP contribution in [0.5, 0.6) is 0 Å². The molecule has 118 valence electrons. The van der Waals surface area contributed by atoms with Crippen LogP contribution in [0.25, 0.3) is 0 Å². The third-order valence-electron chi connectivity index (χ3n) is 3.74. The summed E-state index contributed by atoms with van der Waals surface area (Å²) in [5, 5.41) is 9.44. The molecule has 22 heavy (non-hydrogen) atoms. The van der Waals surface area contributed by atoms with E-state index in [1.807, 2.05) is 0 Å². The number of aldehydes is 1. The standard InChI is InChI=1S/C12H16BN3O5S/c14-12(11(18)19)8-16(22(20,21)15-4-5-17)7-10(12)9-2-1-3-13-6-9/h1-3,5-6,10,15H,4,7-8,14H2,(H,18,19). The van der Waals surface area contributed by atoms with Crippen LogP contribution in [0.1, 0.15) is 11.5 Å². The third kappa shape index (κ3) is 3.09. The molecular formula is C12H16BN3O5S. The van der Waals surface area contributed by atoms with Crippen molar-refractivity contribution in [2.75, 3.05) is 19.6 Å². The molecular weight excluding hydrogens is 309 g/mol. The molecule has 4 N–H and O–H groups in total. The maximum absolute atomic E-state index is 12.1. The van der Waals surface area contributed by atoms with Gasteiger partial charge in [-0.3, -0.25) is 0 Å². The number of carboxylic acids is 1. The van der Waals surface area contributed by atoms with Gasteiger partial charge < -0.3 is 0 Å². The number of rotatable bonds is 6. The minimum atomic E-state index is -3.96. The molecule has 2 atom stereocenters. The molecule has 2 rings (SSSR count). The molecule has 0 bridgehead atoms. The number of nitrogens with two attached hydrogens (primary N) is 1. The molecule has 2 heterocycles. The van der Waals surface area contributed by atoms with Crippen molar-refractivity contribution >= 4 is 29.4 Å². The number of carboxylic acid groups (broad SMARTS) is 1. The number of carbonyl (C=O) groups excluding carboxylic acids is 1. The second-order valence-electron chi connectivity index (χ2n) is 5.12. The number of hydrogen-bond donors (Lipinski definition) is 3. The summed E-state index contributed by atoms with van der Waals surface area (Å²) in [6, 6.07) is 3.45. The van der Waals surface area contributed by atoms with Crippen LogP contribution in [-0.2, 0) is 19.8 Å². The van der Waals surface area contributed by atoms with Gasteiger partial charge in [-0.25, -0.2) is 0 Å². The van der Waals surface area contributed by atoms with Crippen molar-refractivity contribution in [2.45, 2.75) is 11.5 Å². The summed E-state index contributed by atoms with van der Waals surface area (Å²) in [6.07, 6.45) is 0.412. The van der Waals surface area contributed by atoms with Crippen molar-refractivity contribution in [3.63, 3.8) is 0 Å². The van der Waals surface area contributed by atoms with Gasteiger partial charge in [0, 0.05) is 0 Å². The fourth-order valence-corrected chi connectivity index (χ4v) is 3.74. The molecule has 1 fully saturated rings. The number of carbonyl (C=O) groups is 2. The summed E-state index contributed by atoms with van der Waals surface area (Å²) in [5.41, 5.74) is 4.92. The molecule has 0 radical (unpaired) electrons. The Morgan fingerprint density at radius 1 is 1.64 bits per heavy atom. The van der Waals surface area contributed by atoms with E-state index in [1.165, 1.54) is 0 Å². The fraction of sp³-hybridized carbons (Fsp3) is 0.417. The molecule has 2 unspecified atom stereocenters. The molecule has 0 spiro atoms. The Morgan fingerprint density at radius 3 is 2.91 bits per heavy atom. The van der Waals surface area contributed by atoms with Crippen LogP contribution in [0, 0.1) is 0 Å². The average Bonchev–Trinajstić information content (AvgIpc) is 2.86. The summed E-state index contributed by atoms with van der Waals surface area (Å²) < 4.78 is 27.2. The Kier molecular flexibility index (Phi) is 4.76. The van der Waals surface area contributed by atoms with Crippen molar-refractivity contribution < 1.29 is 23.1 Å². The molecule has 1 aliphatic rings. The molecule has 1 aromatic rings. The van der Waals surface area contributed by atoms with Crippen molar-refractivity contribution in [2.24, 2.45) is 5.73 Å². The summed E-state index contributed by atoms with van der Waals surface area (Å²) in [5.74, 6) is 1.54. The minimum absolute atomic E-state index is 0.0684. The van der Waals surface area contributed by atoms with Crippen molar-refractivity contribution in [3.8, 4) is 0 Å². The number of hydrogen-bond acceptors (Lipinski definition) is 5. The van der Waals surface area contributed by atoms with Crippen molar-refractivity contribution in [3.05, 3.63) is 29.6 Å². The second kappa shape index (κ2) is 6.25. The van der Waals surface area contributed by atoms with Crippen LogP contribution in [-0.4, -0.2) is 62.2 Å². The molecule has 10 heteroatoms. The SMILES string of the molecule is NC1(C(=O)O)CN(S(=O)(=O)NCC=O)CC1c1cbccc1. The van der Waals surface area contributed by atoms with Crippen LogP contribution >= 0.6 is 0 Å². The van der Waals surface area contributed by atoms with Gasteiger partial charge in [0.25, 0.3) is 0 Å². The van der Waals surface area contributed by atoms with E-state index in [0.717, 1.165) is 4.31 Å². The van der Waals surface area contributed by atoms with Gasteiger partial charge in [-0.05, 0) is 0 Å². The van der Waals surface area contributed by atoms with Gasteiger partial charge in [0.1, 0.15) is 0 Å². The van der Waals surface area contributed by atoms with Gasteiger partial charge >= 0.3 is 128 Å². The van der Waals surface area contributed by atoms with Crippen LogP contribution in [0.4, 0.5) is 0 Å². The van der Waals surface area contributed by atoms with E-state index < -0.39 is 27.6 Å². The number of nitrogens with one attached hydrogen (secondary N) is 1. The molecule has 0 aromatic carbocycles. The quantitative estimate of drug-likeness (QED) is 0.531. The first-order valence-electron chi connectivity index (χ1n) is 6.57. The summed E-state index contributed by atoms with van der Waals surface area (Å²) in [7, 11) is -3.96. The van der Waals surface area contributed by atoms with Gasteiger partial charge in [0.2, 0.25) is 0 Å². The van der Waals surface area contributed by atoms with Gasteiger partial charge in [-0.2, -0.15) is 0 Å². The Morgan fingerprint density at radius 2 is 2.36 bits per heavy atom. The van der Waals surface area contributed by atoms with E-state index in [2.05, 4.69) is 4.72 Å². The van der Waals surface area contributed by atoms with Gasteiger partial charge in [0.05, 0.1) is 0 Å². The fourth-order valence-electron chi connectivity index (χ4n) is 2.55. The van der Waals surface area contributed by atoms with E-state index in [0.29, 0.717) is 11.8 Å². The summed E-state index contributed by atoms with van der Waals surface area (Å²) >= 11 is 0. The van der Waals surface area contributed by atoms with Crippen LogP contribution < -0.4 is 10.5 Å². The van der Waals surface area contributed by atoms with Gasteiger partial charge in [-0.15, -0.1) is 0 Å². The van der Waals surface area contributed by atoms with Gasteiger partial charge in [-0.1, -0.05) is 0 Å². The maximum atomic E-state index is 12.1. The predicted molar refractivity (Wildman–Crippen MR) is 79.6 cm³/mol. The zero-order valence-corrected chi connectivity index (χ0v) is 12.5. The molecule has 0 aliphatic carbocycles. The molecule has 1 aliphatic heterocycles. The Hall–Kier alpha value is -1.62. The summed E-state index contributed by atoms with van der Waals surface area (Å²) in [4.78, 5) is 21.9. The normalized spacial score (nSPS) is 25.8. The Labute approximate surface area is 128 Å². The average molecular weight is 325 g/mol. The molecule has 1 saturated heterocycles. The van der Waals surface area contributed by atoms with Crippen molar-refractivity contribution in [1.82, 2.24) is 9.03 Å². The Bertz CT molecular complexity index is 669. The predicted octanol–water partition coefficient (Wildman–Crippen LogP) is -1.76. The first-order chi connectivity index (χ1) is 10.3. The first kappa shape index (κ1) is 16.8. The monoisotopic (exact) mass is 325 g/mol. The van der Waals surface area contributed by atoms with E-state index in [-0.39, 0.29) is 19.6 Å². The number of nitrogens with zero attached hydrogens (tertiary/aromatic N) is 1. The zero-order chi connectivity index (χ0) is 16.4. The second-order valence-corrected chi connectivity index (χ2v) is 6.88. The van der Waals surface area contributed by atoms with E-state index in [1.54, 1.807) is 31.0 Å². The summed E-state index contributed by atoms with van der Waals surface area (Å²) in [6.45, 7) is 0.927. The zero-order valence-electron chi connectivity index (χ0n) is 11.7. The Balaban J connectivity index is 2.34. The van der Waals surface area contributed by atoms with E-state index >= 15 is 0 Å². The molecule has 1 aromatic heterocycles. The van der Waals surface area contributed by atoms with Gasteiger partial charge in [0.15, 0.2) is 0 Å². The molecule has 8 nitrogen and oxygen atoms in total. The van der Waals surface area contributed by atoms with Crippen LogP contribution in [0.2, 0.25) is 0 Å². The molecule has 0 amide bonds. The van der Waals surface area contributed by atoms with Crippen LogP contribution in [0.3, 0.4) is 0 Å². The molecule has 0 saturated carbocycles. The number of aliphatic carboxylic acids is 1. The third-order valence-corrected chi connectivity index (χ3v) is 5.22. The van der Waals surface area contributed by atoms with E-state index in [9.17, 15) is 23.1 Å².